The minimum Gasteiger partial charge on any atom is -0.512 e. The second kappa shape index (κ2) is 9.62. The number of carbonyl (C=O) groups is 1. The van der Waals surface area contributed by atoms with E-state index in [0.29, 0.717) is 24.2 Å². The van der Waals surface area contributed by atoms with E-state index in [-0.39, 0.29) is 30.1 Å². The van der Waals surface area contributed by atoms with E-state index in [2.05, 4.69) is 14.8 Å². The highest BCUT2D eigenvalue weighted by molar-refractivity contribution is 5.90. The van der Waals surface area contributed by atoms with E-state index in [4.69, 9.17) is 11.3 Å². The SMILES string of the molecule is [C-]#[N+]C(C)(C)c1ccc(CCC2(C3CCCC3)CC(O)=C(Cc3cnc4ncccn34)C(=O)O2)cc1F. The molecule has 1 fully saturated rings. The summed E-state index contributed by atoms with van der Waals surface area (Å²) >= 11 is 0. The second-order valence-corrected chi connectivity index (χ2v) is 10.7. The molecule has 1 aliphatic carbocycles. The Balaban J connectivity index is 1.39. The molecule has 1 atom stereocenters. The van der Waals surface area contributed by atoms with Crippen LogP contribution in [0.1, 0.15) is 69.2 Å². The van der Waals surface area contributed by atoms with E-state index in [1.807, 2.05) is 12.3 Å². The van der Waals surface area contributed by atoms with Crippen molar-refractivity contribution in [2.45, 2.75) is 76.4 Å². The van der Waals surface area contributed by atoms with Crippen molar-refractivity contribution in [3.63, 3.8) is 0 Å². The maximum Gasteiger partial charge on any atom is 0.338 e. The molecule has 2 aromatic heterocycles. The Bertz CT molecular complexity index is 1410. The third-order valence-electron chi connectivity index (χ3n) is 7.99. The number of ether oxygens (including phenoxy) is 1. The van der Waals surface area contributed by atoms with Crippen LogP contribution >= 0.6 is 0 Å². The zero-order chi connectivity index (χ0) is 26.2. The molecule has 0 spiro atoms. The van der Waals surface area contributed by atoms with Gasteiger partial charge in [0, 0.05) is 44.8 Å². The summed E-state index contributed by atoms with van der Waals surface area (Å²) in [4.78, 5) is 25.3. The number of carbonyl (C=O) groups excluding carboxylic acids is 1. The van der Waals surface area contributed by atoms with Gasteiger partial charge in [-0.2, -0.15) is 0 Å². The Morgan fingerprint density at radius 3 is 2.78 bits per heavy atom. The third-order valence-corrected chi connectivity index (χ3v) is 7.99. The summed E-state index contributed by atoms with van der Waals surface area (Å²) in [5, 5.41) is 11.1. The topological polar surface area (TPSA) is 81.1 Å². The minimum absolute atomic E-state index is 0.0577. The Morgan fingerprint density at radius 1 is 1.30 bits per heavy atom. The van der Waals surface area contributed by atoms with Crippen LogP contribution in [0.25, 0.3) is 10.6 Å². The van der Waals surface area contributed by atoms with Crippen LogP contribution in [0.5, 0.6) is 0 Å². The third kappa shape index (κ3) is 4.71. The van der Waals surface area contributed by atoms with Gasteiger partial charge in [0.05, 0.1) is 17.3 Å². The number of imidazole rings is 1. The molecule has 0 amide bonds. The molecular formula is C29H31FN4O3. The first-order valence-electron chi connectivity index (χ1n) is 12.8. The van der Waals surface area contributed by atoms with Gasteiger partial charge >= 0.3 is 5.97 Å². The Kier molecular flexibility index (Phi) is 6.49. The monoisotopic (exact) mass is 502 g/mol. The molecule has 1 saturated carbocycles. The molecule has 0 saturated heterocycles. The molecule has 2 aliphatic rings. The van der Waals surface area contributed by atoms with Gasteiger partial charge in [-0.05, 0) is 55.4 Å². The normalized spacial score (nSPS) is 20.9. The first-order valence-corrected chi connectivity index (χ1v) is 12.8. The first kappa shape index (κ1) is 24.9. The van der Waals surface area contributed by atoms with Crippen molar-refractivity contribution in [1.29, 1.82) is 0 Å². The van der Waals surface area contributed by atoms with Crippen molar-refractivity contribution in [2.24, 2.45) is 5.92 Å². The van der Waals surface area contributed by atoms with E-state index >= 15 is 0 Å². The molecule has 0 bridgehead atoms. The molecule has 0 radical (unpaired) electrons. The summed E-state index contributed by atoms with van der Waals surface area (Å²) in [6.07, 6.45) is 10.6. The number of aryl methyl sites for hydroxylation is 1. The van der Waals surface area contributed by atoms with Crippen molar-refractivity contribution in [1.82, 2.24) is 14.4 Å². The lowest BCUT2D eigenvalue weighted by Gasteiger charge is -2.42. The van der Waals surface area contributed by atoms with Gasteiger partial charge in [-0.3, -0.25) is 4.40 Å². The summed E-state index contributed by atoms with van der Waals surface area (Å²) in [7, 11) is 0. The number of aliphatic hydroxyl groups excluding tert-OH is 1. The van der Waals surface area contributed by atoms with Crippen LogP contribution in [0, 0.1) is 18.3 Å². The van der Waals surface area contributed by atoms with Crippen LogP contribution in [0.2, 0.25) is 0 Å². The number of aliphatic hydroxyl groups is 1. The number of hydrogen-bond acceptors (Lipinski definition) is 5. The van der Waals surface area contributed by atoms with Gasteiger partial charge < -0.3 is 14.7 Å². The van der Waals surface area contributed by atoms with Crippen molar-refractivity contribution >= 4 is 11.7 Å². The maximum atomic E-state index is 14.9. The minimum atomic E-state index is -0.934. The number of fused-ring (bicyclic) bond motifs is 1. The van der Waals surface area contributed by atoms with Gasteiger partial charge in [-0.15, -0.1) is 0 Å². The van der Waals surface area contributed by atoms with Gasteiger partial charge in [0.1, 0.15) is 17.2 Å². The number of halogens is 1. The fourth-order valence-electron chi connectivity index (χ4n) is 5.80. The predicted molar refractivity (Wildman–Crippen MR) is 136 cm³/mol. The second-order valence-electron chi connectivity index (χ2n) is 10.7. The van der Waals surface area contributed by atoms with E-state index in [0.717, 1.165) is 36.9 Å². The summed E-state index contributed by atoms with van der Waals surface area (Å²) in [5.74, 6) is -0.177. The van der Waals surface area contributed by atoms with Crippen LogP contribution in [0.15, 0.2) is 54.2 Å². The van der Waals surface area contributed by atoms with E-state index in [9.17, 15) is 14.3 Å². The van der Waals surface area contributed by atoms with E-state index in [1.165, 1.54) is 6.07 Å². The van der Waals surface area contributed by atoms with Crippen molar-refractivity contribution in [2.75, 3.05) is 0 Å². The summed E-state index contributed by atoms with van der Waals surface area (Å²) < 4.78 is 22.9. The number of benzene rings is 1. The number of nitrogens with zero attached hydrogens (tertiary/aromatic N) is 4. The number of rotatable bonds is 7. The number of hydrogen-bond donors (Lipinski definition) is 1. The highest BCUT2D eigenvalue weighted by Crippen LogP contribution is 2.46. The molecule has 192 valence electrons. The Labute approximate surface area is 215 Å². The molecule has 1 aromatic carbocycles. The number of cyclic esters (lactones) is 1. The van der Waals surface area contributed by atoms with Gasteiger partial charge in [0.2, 0.25) is 5.78 Å². The lowest BCUT2D eigenvalue weighted by Crippen LogP contribution is -2.46. The van der Waals surface area contributed by atoms with Crippen LogP contribution < -0.4 is 0 Å². The molecule has 1 unspecified atom stereocenters. The zero-order valence-electron chi connectivity index (χ0n) is 21.2. The van der Waals surface area contributed by atoms with Gasteiger partial charge in [0.15, 0.2) is 0 Å². The maximum absolute atomic E-state index is 14.9. The highest BCUT2D eigenvalue weighted by Gasteiger charge is 2.48. The van der Waals surface area contributed by atoms with Gasteiger partial charge in [0.25, 0.3) is 5.54 Å². The largest absolute Gasteiger partial charge is 0.512 e. The lowest BCUT2D eigenvalue weighted by molar-refractivity contribution is -0.167. The first-order chi connectivity index (χ1) is 17.7. The van der Waals surface area contributed by atoms with E-state index < -0.39 is 22.9 Å². The number of aromatic nitrogens is 3. The molecule has 5 rings (SSSR count). The van der Waals surface area contributed by atoms with Crippen LogP contribution in [0.4, 0.5) is 4.39 Å². The zero-order valence-corrected chi connectivity index (χ0v) is 21.2. The Hall–Kier alpha value is -3.73. The van der Waals surface area contributed by atoms with E-state index in [1.54, 1.807) is 42.8 Å². The summed E-state index contributed by atoms with van der Waals surface area (Å²) in [6.45, 7) is 10.8. The van der Waals surface area contributed by atoms with Crippen LogP contribution in [0.3, 0.4) is 0 Å². The predicted octanol–water partition coefficient (Wildman–Crippen LogP) is 5.89. The van der Waals surface area contributed by atoms with Crippen molar-refractivity contribution in [3.8, 4) is 0 Å². The summed E-state index contributed by atoms with van der Waals surface area (Å²) in [6, 6.07) is 6.79. The molecule has 3 heterocycles. The fourth-order valence-corrected chi connectivity index (χ4v) is 5.80. The van der Waals surface area contributed by atoms with Gasteiger partial charge in [-0.25, -0.2) is 25.7 Å². The Morgan fingerprint density at radius 2 is 2.08 bits per heavy atom. The van der Waals surface area contributed by atoms with Crippen molar-refractivity contribution in [3.05, 3.63) is 88.2 Å². The molecule has 8 heteroatoms. The molecule has 7 nitrogen and oxygen atoms in total. The average Bonchev–Trinajstić information content (AvgIpc) is 3.56. The standard InChI is InChI=1S/C29H31FN4O3/c1-28(2,31-3)23-10-9-19(15-24(23)30)11-12-29(20-7-4-5-8-20)17-25(35)22(26(36)37-29)16-21-18-33-27-32-13-6-14-34(21)27/h6,9-10,13-15,18,20,35H,4-5,7-8,11-12,16-17H2,1-2H3. The molecule has 1 aliphatic heterocycles. The number of esters is 1. The van der Waals surface area contributed by atoms with Crippen LogP contribution in [-0.2, 0) is 27.9 Å². The molecule has 3 aromatic rings. The van der Waals surface area contributed by atoms with Gasteiger partial charge in [-0.1, -0.05) is 18.9 Å². The van der Waals surface area contributed by atoms with Crippen LogP contribution in [-0.4, -0.2) is 31.0 Å². The molecule has 37 heavy (non-hydrogen) atoms. The average molecular weight is 503 g/mol. The lowest BCUT2D eigenvalue weighted by atomic mass is 9.76. The quantitative estimate of drug-likeness (QED) is 0.322. The molecule has 1 N–H and O–H groups in total. The fraction of sp³-hybridized carbons (Fsp3) is 0.448. The molecular weight excluding hydrogens is 471 g/mol. The van der Waals surface area contributed by atoms with Crippen molar-refractivity contribution < 1.29 is 19.0 Å². The highest BCUT2D eigenvalue weighted by atomic mass is 19.1. The summed E-state index contributed by atoms with van der Waals surface area (Å²) in [5.41, 5.74) is 0.379. The smallest absolute Gasteiger partial charge is 0.338 e.